The molecule has 0 unspecified atom stereocenters. The molecule has 1 aromatic carbocycles. The smallest absolute Gasteiger partial charge is 0.434 e. The number of carbonyl (C=O) groups excluding carboxylic acids is 1. The summed E-state index contributed by atoms with van der Waals surface area (Å²) in [5.41, 5.74) is -0.262. The molecule has 0 atom stereocenters. The molecule has 0 radical (unpaired) electrons. The van der Waals surface area contributed by atoms with Gasteiger partial charge in [-0.25, -0.2) is 15.0 Å². The zero-order chi connectivity index (χ0) is 23.8. The number of rotatable bonds is 5. The van der Waals surface area contributed by atoms with E-state index < -0.39 is 17.8 Å². The molecule has 0 saturated heterocycles. The summed E-state index contributed by atoms with van der Waals surface area (Å²) in [6.45, 7) is 0. The summed E-state index contributed by atoms with van der Waals surface area (Å²) < 4.78 is 51.4. The maximum atomic E-state index is 13.8. The Bertz CT molecular complexity index is 1380. The van der Waals surface area contributed by atoms with Crippen LogP contribution in [0, 0.1) is 11.3 Å². The van der Waals surface area contributed by atoms with Crippen LogP contribution in [0.5, 0.6) is 11.8 Å². The monoisotopic (exact) mass is 474 g/mol. The second-order valence-electron chi connectivity index (χ2n) is 6.49. The van der Waals surface area contributed by atoms with Gasteiger partial charge in [-0.1, -0.05) is 17.4 Å². The number of fused-ring (bicyclic) bond motifs is 1. The lowest BCUT2D eigenvalue weighted by Gasteiger charge is -2.09. The summed E-state index contributed by atoms with van der Waals surface area (Å²) in [6, 6.07) is 6.56. The summed E-state index contributed by atoms with van der Waals surface area (Å²) in [4.78, 5) is 26.8. The van der Waals surface area contributed by atoms with Crippen molar-refractivity contribution in [3.8, 4) is 28.3 Å². The van der Waals surface area contributed by atoms with Crippen LogP contribution in [-0.2, 0) is 6.18 Å². The van der Waals surface area contributed by atoms with E-state index in [2.05, 4.69) is 25.3 Å². The van der Waals surface area contributed by atoms with Gasteiger partial charge in [0.15, 0.2) is 16.4 Å². The number of methoxy groups -OCH3 is 2. The number of nitriles is 1. The van der Waals surface area contributed by atoms with Crippen LogP contribution in [0.3, 0.4) is 0 Å². The van der Waals surface area contributed by atoms with E-state index in [1.807, 2.05) is 6.07 Å². The lowest BCUT2D eigenvalue weighted by atomic mass is 10.1. The molecular weight excluding hydrogens is 461 g/mol. The first-order valence-electron chi connectivity index (χ1n) is 9.10. The predicted octanol–water partition coefficient (Wildman–Crippen LogP) is 4.24. The SMILES string of the molecule is COc1ncnc(OC)c1C(=O)Nc1nc(C(F)(F)F)c(-c2c[nH]c3cc(C#N)ccc23)s1. The number of anilines is 1. The molecule has 168 valence electrons. The zero-order valence-electron chi connectivity index (χ0n) is 16.9. The number of H-pyrrole nitrogens is 1. The Morgan fingerprint density at radius 3 is 2.52 bits per heavy atom. The van der Waals surface area contributed by atoms with Crippen LogP contribution in [0.15, 0.2) is 30.7 Å². The van der Waals surface area contributed by atoms with E-state index in [-0.39, 0.29) is 32.9 Å². The van der Waals surface area contributed by atoms with E-state index in [1.54, 1.807) is 6.07 Å². The van der Waals surface area contributed by atoms with Crippen LogP contribution >= 0.6 is 11.3 Å². The summed E-state index contributed by atoms with van der Waals surface area (Å²) >= 11 is 0.648. The van der Waals surface area contributed by atoms with Crippen LogP contribution < -0.4 is 14.8 Å². The number of nitrogens with zero attached hydrogens (tertiary/aromatic N) is 4. The number of nitrogens with one attached hydrogen (secondary N) is 2. The predicted molar refractivity (Wildman–Crippen MR) is 112 cm³/mol. The van der Waals surface area contributed by atoms with E-state index in [9.17, 15) is 18.0 Å². The average molecular weight is 474 g/mol. The summed E-state index contributed by atoms with van der Waals surface area (Å²) in [5.74, 6) is -1.08. The number of carbonyl (C=O) groups is 1. The number of hydrogen-bond donors (Lipinski definition) is 2. The van der Waals surface area contributed by atoms with Crippen molar-refractivity contribution in [2.45, 2.75) is 6.18 Å². The second kappa shape index (κ2) is 8.40. The first-order valence-corrected chi connectivity index (χ1v) is 9.92. The molecular formula is C20H13F3N6O3S. The fraction of sp³-hybridized carbons (Fsp3) is 0.150. The normalized spacial score (nSPS) is 11.3. The average Bonchev–Trinajstić information content (AvgIpc) is 3.41. The minimum absolute atomic E-state index is 0.114. The highest BCUT2D eigenvalue weighted by Crippen LogP contribution is 2.44. The lowest BCUT2D eigenvalue weighted by Crippen LogP contribution is -2.16. The molecule has 4 rings (SSSR count). The number of alkyl halides is 3. The van der Waals surface area contributed by atoms with Gasteiger partial charge in [-0.15, -0.1) is 0 Å². The lowest BCUT2D eigenvalue weighted by molar-refractivity contribution is -0.140. The molecule has 1 amide bonds. The Morgan fingerprint density at radius 2 is 1.91 bits per heavy atom. The van der Waals surface area contributed by atoms with E-state index >= 15 is 0 Å². The number of hydrogen-bond acceptors (Lipinski definition) is 8. The molecule has 0 fully saturated rings. The van der Waals surface area contributed by atoms with Gasteiger partial charge in [0.05, 0.1) is 30.7 Å². The standard InChI is InChI=1S/C20H13F3N6O3S/c1-31-17-13(18(32-2)27-8-26-17)16(30)29-19-28-15(20(21,22)23)14(33-19)11-7-25-12-5-9(6-24)3-4-10(11)12/h3-5,7-8,25H,1-2H3,(H,28,29,30). The Kier molecular flexibility index (Phi) is 5.60. The number of aromatic nitrogens is 4. The second-order valence-corrected chi connectivity index (χ2v) is 7.49. The molecule has 0 spiro atoms. The molecule has 2 N–H and O–H groups in total. The van der Waals surface area contributed by atoms with Crippen LogP contribution in [-0.4, -0.2) is 40.1 Å². The summed E-state index contributed by atoms with van der Waals surface area (Å²) in [7, 11) is 2.55. The van der Waals surface area contributed by atoms with E-state index in [1.165, 1.54) is 32.5 Å². The highest BCUT2D eigenvalue weighted by Gasteiger charge is 2.39. The Morgan fingerprint density at radius 1 is 1.21 bits per heavy atom. The first kappa shape index (κ1) is 22.0. The van der Waals surface area contributed by atoms with Gasteiger partial charge in [0.25, 0.3) is 5.91 Å². The molecule has 3 heterocycles. The van der Waals surface area contributed by atoms with Crippen molar-refractivity contribution in [1.29, 1.82) is 5.26 Å². The fourth-order valence-corrected chi connectivity index (χ4v) is 4.16. The fourth-order valence-electron chi connectivity index (χ4n) is 3.15. The molecule has 4 aromatic rings. The molecule has 3 aromatic heterocycles. The van der Waals surface area contributed by atoms with Gasteiger partial charge < -0.3 is 14.5 Å². The van der Waals surface area contributed by atoms with Gasteiger partial charge in [0.2, 0.25) is 11.8 Å². The van der Waals surface area contributed by atoms with Crippen molar-refractivity contribution in [3.63, 3.8) is 0 Å². The van der Waals surface area contributed by atoms with Crippen LogP contribution in [0.25, 0.3) is 21.3 Å². The Labute approximate surface area is 187 Å². The molecule has 0 aliphatic rings. The molecule has 0 aliphatic carbocycles. The number of ether oxygens (including phenoxy) is 2. The first-order chi connectivity index (χ1) is 15.8. The van der Waals surface area contributed by atoms with E-state index in [0.717, 1.165) is 6.33 Å². The van der Waals surface area contributed by atoms with Crippen molar-refractivity contribution in [2.24, 2.45) is 0 Å². The third-order valence-electron chi connectivity index (χ3n) is 4.56. The summed E-state index contributed by atoms with van der Waals surface area (Å²) in [6.07, 6.45) is -2.26. The van der Waals surface area contributed by atoms with E-state index in [4.69, 9.17) is 14.7 Å². The minimum Gasteiger partial charge on any atom is -0.480 e. The Hall–Kier alpha value is -4.18. The number of halogens is 3. The van der Waals surface area contributed by atoms with Crippen molar-refractivity contribution < 1.29 is 27.4 Å². The van der Waals surface area contributed by atoms with Crippen LogP contribution in [0.4, 0.5) is 18.3 Å². The molecule has 13 heteroatoms. The molecule has 9 nitrogen and oxygen atoms in total. The van der Waals surface area contributed by atoms with Crippen LogP contribution in [0.1, 0.15) is 21.6 Å². The van der Waals surface area contributed by atoms with E-state index in [0.29, 0.717) is 27.8 Å². The highest BCUT2D eigenvalue weighted by atomic mass is 32.1. The van der Waals surface area contributed by atoms with Gasteiger partial charge >= 0.3 is 6.18 Å². The number of aromatic amines is 1. The number of benzene rings is 1. The Balaban J connectivity index is 1.78. The molecule has 0 saturated carbocycles. The van der Waals surface area contributed by atoms with Crippen molar-refractivity contribution >= 4 is 33.3 Å². The minimum atomic E-state index is -4.78. The van der Waals surface area contributed by atoms with Gasteiger partial charge in [-0.3, -0.25) is 10.1 Å². The van der Waals surface area contributed by atoms with Crippen molar-refractivity contribution in [3.05, 3.63) is 47.5 Å². The van der Waals surface area contributed by atoms with Crippen LogP contribution in [0.2, 0.25) is 0 Å². The maximum Gasteiger partial charge on any atom is 0.434 e. The number of amides is 1. The third-order valence-corrected chi connectivity index (χ3v) is 5.57. The molecule has 33 heavy (non-hydrogen) atoms. The van der Waals surface area contributed by atoms with Gasteiger partial charge in [0.1, 0.15) is 6.33 Å². The number of thiazole rings is 1. The quantitative estimate of drug-likeness (QED) is 0.443. The van der Waals surface area contributed by atoms with Crippen molar-refractivity contribution in [1.82, 2.24) is 19.9 Å². The van der Waals surface area contributed by atoms with Gasteiger partial charge in [-0.2, -0.15) is 18.4 Å². The molecule has 0 bridgehead atoms. The molecule has 0 aliphatic heterocycles. The topological polar surface area (TPSA) is 126 Å². The zero-order valence-corrected chi connectivity index (χ0v) is 17.8. The highest BCUT2D eigenvalue weighted by molar-refractivity contribution is 7.19. The summed E-state index contributed by atoms with van der Waals surface area (Å²) in [5, 5.41) is 11.6. The maximum absolute atomic E-state index is 13.8. The third kappa shape index (κ3) is 4.03. The van der Waals surface area contributed by atoms with Gasteiger partial charge in [-0.05, 0) is 12.1 Å². The van der Waals surface area contributed by atoms with Gasteiger partial charge in [0, 0.05) is 22.7 Å². The van der Waals surface area contributed by atoms with Crippen molar-refractivity contribution in [2.75, 3.05) is 19.5 Å². The largest absolute Gasteiger partial charge is 0.480 e.